The number of aromatic carboxylic acids is 1. The smallest absolute Gasteiger partial charge is 0.203 e. The lowest BCUT2D eigenvalue weighted by Crippen LogP contribution is -2.44. The van der Waals surface area contributed by atoms with Gasteiger partial charge in [-0.2, -0.15) is 0 Å². The van der Waals surface area contributed by atoms with Gasteiger partial charge < -0.3 is 24.1 Å². The van der Waals surface area contributed by atoms with E-state index >= 15 is 0 Å². The first-order valence-electron chi connectivity index (χ1n) is 11.2. The van der Waals surface area contributed by atoms with Crippen molar-refractivity contribution in [2.45, 2.75) is 0 Å². The van der Waals surface area contributed by atoms with Gasteiger partial charge in [0.2, 0.25) is 5.36 Å². The summed E-state index contributed by atoms with van der Waals surface area (Å²) in [6, 6.07) is 19.3. The first kappa shape index (κ1) is 21.2. The third-order valence-corrected chi connectivity index (χ3v) is 6.49. The molecule has 168 valence electrons. The lowest BCUT2D eigenvalue weighted by atomic mass is 9.90. The molecule has 3 aliphatic rings. The van der Waals surface area contributed by atoms with E-state index in [0.717, 1.165) is 59.3 Å². The van der Waals surface area contributed by atoms with E-state index in [2.05, 4.69) is 29.0 Å². The highest BCUT2D eigenvalue weighted by Gasteiger charge is 2.21. The van der Waals surface area contributed by atoms with E-state index in [-0.39, 0.29) is 5.56 Å². The zero-order valence-electron chi connectivity index (χ0n) is 19.2. The van der Waals surface area contributed by atoms with Gasteiger partial charge in [0.05, 0.1) is 12.0 Å². The van der Waals surface area contributed by atoms with E-state index in [0.29, 0.717) is 11.3 Å². The number of likely N-dealkylation sites (N-methyl/N-ethyl adjacent to an activating group) is 1. The molecule has 0 radical (unpaired) electrons. The van der Waals surface area contributed by atoms with Crippen LogP contribution in [0.4, 0.5) is 5.69 Å². The lowest BCUT2D eigenvalue weighted by Gasteiger charge is -2.34. The average Bonchev–Trinajstić information content (AvgIpc) is 2.82. The Labute approximate surface area is 193 Å². The minimum absolute atomic E-state index is 0.172. The average molecular weight is 442 g/mol. The number of benzene rings is 3. The van der Waals surface area contributed by atoms with Gasteiger partial charge in [0.1, 0.15) is 25.4 Å². The van der Waals surface area contributed by atoms with Crippen LogP contribution in [0, 0.1) is 0 Å². The van der Waals surface area contributed by atoms with E-state index < -0.39 is 5.97 Å². The molecule has 0 aromatic heterocycles. The van der Waals surface area contributed by atoms with E-state index in [1.165, 1.54) is 0 Å². The Morgan fingerprint density at radius 2 is 1.70 bits per heavy atom. The maximum Gasteiger partial charge on any atom is 0.203 e. The zero-order chi connectivity index (χ0) is 23.1. The molecule has 0 bridgehead atoms. The Bertz CT molecular complexity index is 1390. The van der Waals surface area contributed by atoms with Crippen LogP contribution in [-0.2, 0) is 0 Å². The molecule has 33 heavy (non-hydrogen) atoms. The predicted molar refractivity (Wildman–Crippen MR) is 129 cm³/mol. The number of hydrogen-bond acceptors (Lipinski definition) is 5. The van der Waals surface area contributed by atoms with E-state index in [9.17, 15) is 9.90 Å². The van der Waals surface area contributed by atoms with Crippen molar-refractivity contribution in [2.24, 2.45) is 0 Å². The van der Waals surface area contributed by atoms with Crippen LogP contribution in [0.1, 0.15) is 10.4 Å². The second kappa shape index (κ2) is 8.37. The highest BCUT2D eigenvalue weighted by atomic mass is 16.4. The first-order valence-corrected chi connectivity index (χ1v) is 11.2. The zero-order valence-corrected chi connectivity index (χ0v) is 19.2. The molecule has 2 heterocycles. The second-order valence-corrected chi connectivity index (χ2v) is 8.86. The van der Waals surface area contributed by atoms with Gasteiger partial charge in [-0.15, -0.1) is 0 Å². The molecular formula is C27H27N3O3. The van der Waals surface area contributed by atoms with E-state index in [1.54, 1.807) is 12.1 Å². The van der Waals surface area contributed by atoms with Crippen molar-refractivity contribution in [3.63, 3.8) is 0 Å². The molecule has 1 aliphatic carbocycles. The van der Waals surface area contributed by atoms with Crippen molar-refractivity contribution in [1.29, 1.82) is 0 Å². The maximum absolute atomic E-state index is 11.9. The summed E-state index contributed by atoms with van der Waals surface area (Å²) < 4.78 is 8.45. The molecule has 2 aliphatic heterocycles. The fourth-order valence-electron chi connectivity index (χ4n) is 4.58. The molecule has 6 heteroatoms. The minimum atomic E-state index is -1.19. The normalized spacial score (nSPS) is 14.7. The fraction of sp³-hybridized carbons (Fsp3) is 0.259. The summed E-state index contributed by atoms with van der Waals surface area (Å²) in [7, 11) is 6.11. The molecule has 0 unspecified atom stereocenters. The van der Waals surface area contributed by atoms with Crippen molar-refractivity contribution < 1.29 is 14.3 Å². The molecule has 0 atom stereocenters. The third-order valence-electron chi connectivity index (χ3n) is 6.49. The molecule has 1 saturated heterocycles. The number of fused-ring (bicyclic) bond motifs is 2. The van der Waals surface area contributed by atoms with Crippen LogP contribution in [0.2, 0.25) is 0 Å². The maximum atomic E-state index is 11.9. The number of carboxylic acid groups (broad SMARTS) is 1. The summed E-state index contributed by atoms with van der Waals surface area (Å²) in [5.41, 5.74) is 4.37. The van der Waals surface area contributed by atoms with Gasteiger partial charge in [-0.25, -0.2) is 4.58 Å². The van der Waals surface area contributed by atoms with Gasteiger partial charge in [0.25, 0.3) is 0 Å². The number of carbonyl (C=O) groups is 1. The lowest BCUT2D eigenvalue weighted by molar-refractivity contribution is -0.254. The van der Waals surface area contributed by atoms with Crippen molar-refractivity contribution in [3.05, 3.63) is 71.6 Å². The number of hydrogen-bond donors (Lipinski definition) is 0. The monoisotopic (exact) mass is 441 g/mol. The molecule has 6 nitrogen and oxygen atoms in total. The largest absolute Gasteiger partial charge is 0.545 e. The summed E-state index contributed by atoms with van der Waals surface area (Å²) in [5, 5.41) is 13.8. The Balaban J connectivity index is 1.80. The Kier molecular flexibility index (Phi) is 5.38. The molecule has 2 aromatic carbocycles. The molecule has 0 N–H and O–H groups in total. The summed E-state index contributed by atoms with van der Waals surface area (Å²) in [6.07, 6.45) is 0. The third kappa shape index (κ3) is 3.87. The molecule has 0 amide bonds. The Morgan fingerprint density at radius 3 is 2.42 bits per heavy atom. The summed E-state index contributed by atoms with van der Waals surface area (Å²) in [4.78, 5) is 16.6. The van der Waals surface area contributed by atoms with E-state index in [4.69, 9.17) is 4.42 Å². The number of carbonyl (C=O) groups excluding carboxylic acids is 1. The van der Waals surface area contributed by atoms with Crippen LogP contribution in [0.15, 0.2) is 65.1 Å². The summed E-state index contributed by atoms with van der Waals surface area (Å²) in [5.74, 6) is -0.473. The van der Waals surface area contributed by atoms with E-state index in [1.807, 2.05) is 55.1 Å². The molecule has 5 rings (SSSR count). The van der Waals surface area contributed by atoms with Crippen LogP contribution >= 0.6 is 0 Å². The van der Waals surface area contributed by atoms with Gasteiger partial charge in [-0.3, -0.25) is 0 Å². The van der Waals surface area contributed by atoms with Crippen LogP contribution in [-0.4, -0.2) is 58.2 Å². The number of nitrogens with zero attached hydrogens (tertiary/aromatic N) is 3. The summed E-state index contributed by atoms with van der Waals surface area (Å²) >= 11 is 0. The highest BCUT2D eigenvalue weighted by molar-refractivity contribution is 6.07. The quantitative estimate of drug-likeness (QED) is 0.361. The van der Waals surface area contributed by atoms with Crippen LogP contribution in [0.5, 0.6) is 0 Å². The molecule has 0 spiro atoms. The highest BCUT2D eigenvalue weighted by Crippen LogP contribution is 2.41. The van der Waals surface area contributed by atoms with Gasteiger partial charge in [0.15, 0.2) is 0 Å². The number of piperazine rings is 1. The number of rotatable bonds is 3. The van der Waals surface area contributed by atoms with Gasteiger partial charge in [-0.1, -0.05) is 24.3 Å². The number of carboxylic acids is 1. The second-order valence-electron chi connectivity index (χ2n) is 8.86. The molecule has 2 aromatic rings. The number of anilines is 1. The van der Waals surface area contributed by atoms with Crippen LogP contribution < -0.4 is 19.9 Å². The molecule has 0 saturated carbocycles. The van der Waals surface area contributed by atoms with Gasteiger partial charge >= 0.3 is 0 Å². The Morgan fingerprint density at radius 1 is 0.939 bits per heavy atom. The minimum Gasteiger partial charge on any atom is -0.545 e. The molecule has 1 fully saturated rings. The van der Waals surface area contributed by atoms with Crippen molar-refractivity contribution in [2.75, 3.05) is 52.2 Å². The molecular weight excluding hydrogens is 414 g/mol. The fourth-order valence-corrected chi connectivity index (χ4v) is 4.58. The van der Waals surface area contributed by atoms with Crippen LogP contribution in [0.25, 0.3) is 33.4 Å². The van der Waals surface area contributed by atoms with Gasteiger partial charge in [0, 0.05) is 66.1 Å². The standard InChI is InChI=1S/C27H27N3O3/c1-28(2)18-8-10-22-24(16-18)33-25-17-19(30-14-12-29(3)13-15-30)9-11-23(25)26(22)20-6-4-5-7-21(20)27(31)32/h4-11,16-17H,12-15H2,1-3H3. The topological polar surface area (TPSA) is 62.8 Å². The SMILES string of the molecule is CN1CCN(c2ccc3c(-c4ccccc4C(=O)[O-])c4ccc(=[N+](C)C)cc-4oc3c2)CC1. The van der Waals surface area contributed by atoms with Crippen molar-refractivity contribution >= 4 is 22.6 Å². The Hall–Kier alpha value is -3.64. The van der Waals surface area contributed by atoms with Gasteiger partial charge in [-0.05, 0) is 30.8 Å². The van der Waals surface area contributed by atoms with Crippen LogP contribution in [0.3, 0.4) is 0 Å². The summed E-state index contributed by atoms with van der Waals surface area (Å²) in [6.45, 7) is 3.95. The van der Waals surface area contributed by atoms with Crippen molar-refractivity contribution in [3.8, 4) is 22.5 Å². The predicted octanol–water partition coefficient (Wildman–Crippen LogP) is 2.35. The first-order chi connectivity index (χ1) is 15.9. The van der Waals surface area contributed by atoms with Crippen molar-refractivity contribution in [1.82, 2.24) is 9.48 Å².